The summed E-state index contributed by atoms with van der Waals surface area (Å²) in [6, 6.07) is 2.67. The quantitative estimate of drug-likeness (QED) is 0.855. The summed E-state index contributed by atoms with van der Waals surface area (Å²) in [5.41, 5.74) is 0.0316. The summed E-state index contributed by atoms with van der Waals surface area (Å²) >= 11 is 0. The van der Waals surface area contributed by atoms with Crippen molar-refractivity contribution >= 4 is 5.97 Å². The van der Waals surface area contributed by atoms with Gasteiger partial charge in [-0.05, 0) is 6.07 Å². The van der Waals surface area contributed by atoms with E-state index in [4.69, 9.17) is 9.84 Å². The van der Waals surface area contributed by atoms with E-state index in [1.807, 2.05) is 0 Å². The number of carbonyl (C=O) groups is 1. The topological polar surface area (TPSA) is 59.4 Å². The molecule has 1 aromatic rings. The van der Waals surface area contributed by atoms with Crippen molar-refractivity contribution < 1.29 is 23.4 Å². The van der Waals surface area contributed by atoms with Crippen LogP contribution in [0.4, 0.5) is 8.78 Å². The normalized spacial score (nSPS) is 21.5. The van der Waals surface area contributed by atoms with Crippen molar-refractivity contribution in [3.05, 3.63) is 23.9 Å². The summed E-state index contributed by atoms with van der Waals surface area (Å²) in [6.07, 6.45) is 0.975. The lowest BCUT2D eigenvalue weighted by Gasteiger charge is -2.04. The molecule has 1 atom stereocenters. The molecule has 1 unspecified atom stereocenters. The number of hydrogen-bond acceptors (Lipinski definition) is 3. The highest BCUT2D eigenvalue weighted by Gasteiger charge is 2.57. The van der Waals surface area contributed by atoms with Crippen LogP contribution in [-0.4, -0.2) is 28.6 Å². The summed E-state index contributed by atoms with van der Waals surface area (Å²) < 4.78 is 30.0. The molecule has 4 nitrogen and oxygen atoms in total. The van der Waals surface area contributed by atoms with Crippen molar-refractivity contribution in [2.75, 3.05) is 6.61 Å². The molecule has 0 aromatic carbocycles. The van der Waals surface area contributed by atoms with Gasteiger partial charge < -0.3 is 9.84 Å². The van der Waals surface area contributed by atoms with Gasteiger partial charge in [-0.25, -0.2) is 18.6 Å². The highest BCUT2D eigenvalue weighted by Crippen LogP contribution is 2.48. The summed E-state index contributed by atoms with van der Waals surface area (Å²) in [5.74, 6) is -4.28. The van der Waals surface area contributed by atoms with E-state index < -0.39 is 17.8 Å². The van der Waals surface area contributed by atoms with Crippen LogP contribution in [0.1, 0.15) is 16.8 Å². The molecule has 0 amide bonds. The van der Waals surface area contributed by atoms with Crippen LogP contribution in [0.5, 0.6) is 5.88 Å². The third kappa shape index (κ3) is 2.26. The first kappa shape index (κ1) is 10.8. The first-order valence-electron chi connectivity index (χ1n) is 4.69. The smallest absolute Gasteiger partial charge is 0.337 e. The van der Waals surface area contributed by atoms with Crippen molar-refractivity contribution in [2.45, 2.75) is 12.3 Å². The average molecular weight is 229 g/mol. The maximum Gasteiger partial charge on any atom is 0.337 e. The standard InChI is InChI=1S/C10H9F2NO3/c11-10(12)3-7(10)5-16-8-2-1-6(4-13-8)9(14)15/h1-2,4,7H,3,5H2,(H,14,15). The van der Waals surface area contributed by atoms with Crippen molar-refractivity contribution in [2.24, 2.45) is 5.92 Å². The number of ether oxygens (including phenoxy) is 1. The molecule has 0 radical (unpaired) electrons. The molecule has 1 saturated carbocycles. The monoisotopic (exact) mass is 229 g/mol. The van der Waals surface area contributed by atoms with Gasteiger partial charge in [0.15, 0.2) is 0 Å². The van der Waals surface area contributed by atoms with Gasteiger partial charge in [0, 0.05) is 18.7 Å². The van der Waals surface area contributed by atoms with Crippen molar-refractivity contribution in [3.63, 3.8) is 0 Å². The lowest BCUT2D eigenvalue weighted by Crippen LogP contribution is -2.07. The zero-order chi connectivity index (χ0) is 11.8. The van der Waals surface area contributed by atoms with E-state index in [9.17, 15) is 13.6 Å². The molecular weight excluding hydrogens is 220 g/mol. The van der Waals surface area contributed by atoms with E-state index in [-0.39, 0.29) is 24.5 Å². The van der Waals surface area contributed by atoms with Crippen LogP contribution in [0, 0.1) is 5.92 Å². The summed E-state index contributed by atoms with van der Waals surface area (Å²) in [4.78, 5) is 14.2. The van der Waals surface area contributed by atoms with E-state index in [0.29, 0.717) is 0 Å². The Hall–Kier alpha value is -1.72. The fraction of sp³-hybridized carbons (Fsp3) is 0.400. The van der Waals surface area contributed by atoms with Crippen LogP contribution >= 0.6 is 0 Å². The lowest BCUT2D eigenvalue weighted by molar-refractivity contribution is 0.0696. The minimum Gasteiger partial charge on any atom is -0.478 e. The SMILES string of the molecule is O=C(O)c1ccc(OCC2CC2(F)F)nc1. The summed E-state index contributed by atoms with van der Waals surface area (Å²) in [5, 5.41) is 8.59. The van der Waals surface area contributed by atoms with E-state index in [0.717, 1.165) is 6.20 Å². The lowest BCUT2D eigenvalue weighted by atomic mass is 10.3. The number of pyridine rings is 1. The zero-order valence-corrected chi connectivity index (χ0v) is 8.19. The molecule has 1 fully saturated rings. The third-order valence-electron chi connectivity index (χ3n) is 2.37. The number of carboxylic acid groups (broad SMARTS) is 1. The fourth-order valence-electron chi connectivity index (χ4n) is 1.23. The number of alkyl halides is 2. The molecule has 1 aliphatic rings. The minimum absolute atomic E-state index is 0.0316. The molecule has 1 N–H and O–H groups in total. The third-order valence-corrected chi connectivity index (χ3v) is 2.37. The molecule has 0 saturated heterocycles. The minimum atomic E-state index is -2.61. The maximum absolute atomic E-state index is 12.5. The van der Waals surface area contributed by atoms with Gasteiger partial charge in [-0.1, -0.05) is 0 Å². The molecule has 0 aliphatic heterocycles. The number of rotatable bonds is 4. The molecule has 6 heteroatoms. The van der Waals surface area contributed by atoms with Crippen LogP contribution in [0.25, 0.3) is 0 Å². The van der Waals surface area contributed by atoms with E-state index >= 15 is 0 Å². The van der Waals surface area contributed by atoms with Crippen LogP contribution < -0.4 is 4.74 Å². The highest BCUT2D eigenvalue weighted by molar-refractivity contribution is 5.87. The summed E-state index contributed by atoms with van der Waals surface area (Å²) in [7, 11) is 0. The van der Waals surface area contributed by atoms with Crippen molar-refractivity contribution in [3.8, 4) is 5.88 Å². The average Bonchev–Trinajstić information content (AvgIpc) is 2.84. The van der Waals surface area contributed by atoms with Gasteiger partial charge >= 0.3 is 5.97 Å². The number of aromatic carboxylic acids is 1. The van der Waals surface area contributed by atoms with Crippen molar-refractivity contribution in [1.82, 2.24) is 4.98 Å². The molecule has 86 valence electrons. The predicted octanol–water partition coefficient (Wildman–Crippen LogP) is 1.81. The molecule has 1 aliphatic carbocycles. The van der Waals surface area contributed by atoms with E-state index in [2.05, 4.69) is 4.98 Å². The second kappa shape index (κ2) is 3.70. The molecule has 0 bridgehead atoms. The van der Waals surface area contributed by atoms with Gasteiger partial charge in [0.2, 0.25) is 5.88 Å². The number of hydrogen-bond donors (Lipinski definition) is 1. The van der Waals surface area contributed by atoms with Gasteiger partial charge in [0.1, 0.15) is 0 Å². The fourth-order valence-corrected chi connectivity index (χ4v) is 1.23. The Labute approximate surface area is 89.9 Å². The van der Waals surface area contributed by atoms with Gasteiger partial charge in [-0.15, -0.1) is 0 Å². The second-order valence-electron chi connectivity index (χ2n) is 3.66. The summed E-state index contributed by atoms with van der Waals surface area (Å²) in [6.45, 7) is -0.0909. The Kier molecular flexibility index (Phi) is 2.49. The Morgan fingerprint density at radius 1 is 1.62 bits per heavy atom. The highest BCUT2D eigenvalue weighted by atomic mass is 19.3. The van der Waals surface area contributed by atoms with Crippen molar-refractivity contribution in [1.29, 1.82) is 0 Å². The maximum atomic E-state index is 12.5. The Bertz CT molecular complexity index is 405. The number of halogens is 2. The first-order valence-corrected chi connectivity index (χ1v) is 4.69. The van der Waals surface area contributed by atoms with Gasteiger partial charge in [-0.3, -0.25) is 0 Å². The molecular formula is C10H9F2NO3. The Morgan fingerprint density at radius 3 is 2.75 bits per heavy atom. The Morgan fingerprint density at radius 2 is 2.31 bits per heavy atom. The number of nitrogens with zero attached hydrogens (tertiary/aromatic N) is 1. The van der Waals surface area contributed by atoms with Gasteiger partial charge in [0.05, 0.1) is 18.1 Å². The van der Waals surface area contributed by atoms with Gasteiger partial charge in [-0.2, -0.15) is 0 Å². The molecule has 2 rings (SSSR count). The van der Waals surface area contributed by atoms with Crippen LogP contribution in [0.15, 0.2) is 18.3 Å². The molecule has 0 spiro atoms. The molecule has 16 heavy (non-hydrogen) atoms. The second-order valence-corrected chi connectivity index (χ2v) is 3.66. The molecule has 1 aromatic heterocycles. The predicted molar refractivity (Wildman–Crippen MR) is 49.7 cm³/mol. The van der Waals surface area contributed by atoms with Crippen LogP contribution in [0.2, 0.25) is 0 Å². The number of carboxylic acids is 1. The largest absolute Gasteiger partial charge is 0.478 e. The molecule has 1 heterocycles. The van der Waals surface area contributed by atoms with Crippen LogP contribution in [-0.2, 0) is 0 Å². The first-order chi connectivity index (χ1) is 7.49. The van der Waals surface area contributed by atoms with Crippen LogP contribution in [0.3, 0.4) is 0 Å². The van der Waals surface area contributed by atoms with Gasteiger partial charge in [0.25, 0.3) is 5.92 Å². The zero-order valence-electron chi connectivity index (χ0n) is 8.19. The van der Waals surface area contributed by atoms with E-state index in [1.54, 1.807) is 0 Å². The Balaban J connectivity index is 1.88. The van der Waals surface area contributed by atoms with E-state index in [1.165, 1.54) is 12.1 Å². The number of aromatic nitrogens is 1.